The summed E-state index contributed by atoms with van der Waals surface area (Å²) in [6.07, 6.45) is 3.54. The monoisotopic (exact) mass is 557 g/mol. The van der Waals surface area contributed by atoms with Gasteiger partial charge < -0.3 is 20.0 Å². The van der Waals surface area contributed by atoms with Gasteiger partial charge >= 0.3 is 5.97 Å². The summed E-state index contributed by atoms with van der Waals surface area (Å²) in [6, 6.07) is 9.63. The van der Waals surface area contributed by atoms with Crippen LogP contribution in [0, 0.1) is 27.6 Å². The summed E-state index contributed by atoms with van der Waals surface area (Å²) < 4.78 is 0.619. The molecule has 0 aromatic heterocycles. The summed E-state index contributed by atoms with van der Waals surface area (Å²) in [5, 5.41) is 23.3. The minimum Gasteiger partial charge on any atom is -0.481 e. The molecule has 1 amide bonds. The van der Waals surface area contributed by atoms with E-state index in [0.717, 1.165) is 43.4 Å². The summed E-state index contributed by atoms with van der Waals surface area (Å²) in [5.74, 6) is -1.94. The fourth-order valence-corrected chi connectivity index (χ4v) is 6.20. The normalized spacial score (nSPS) is 22.9. The Morgan fingerprint density at radius 2 is 1.65 bits per heavy atom. The van der Waals surface area contributed by atoms with E-state index in [4.69, 9.17) is 0 Å². The van der Waals surface area contributed by atoms with Crippen molar-refractivity contribution in [2.45, 2.75) is 93.1 Å². The summed E-state index contributed by atoms with van der Waals surface area (Å²) in [4.78, 5) is 24.6. The highest BCUT2D eigenvalue weighted by Gasteiger charge is 2.62. The van der Waals surface area contributed by atoms with Gasteiger partial charge in [-0.1, -0.05) is 91.0 Å². The molecule has 6 nitrogen and oxygen atoms in total. The molecule has 1 fully saturated rings. The van der Waals surface area contributed by atoms with E-state index < -0.39 is 18.0 Å². The number of hydrogen-bond acceptors (Lipinski definition) is 3. The molecular formula is C34H57N2O4+. The van der Waals surface area contributed by atoms with Gasteiger partial charge in [0.2, 0.25) is 5.91 Å². The first-order chi connectivity index (χ1) is 18.2. The van der Waals surface area contributed by atoms with Crippen molar-refractivity contribution in [3.63, 3.8) is 0 Å². The number of carbonyl (C=O) groups is 2. The highest BCUT2D eigenvalue weighted by atomic mass is 16.4. The van der Waals surface area contributed by atoms with Crippen LogP contribution in [-0.2, 0) is 9.59 Å². The maximum absolute atomic E-state index is 12.6. The summed E-state index contributed by atoms with van der Waals surface area (Å²) >= 11 is 0. The van der Waals surface area contributed by atoms with Crippen LogP contribution in [0.3, 0.4) is 0 Å². The molecule has 1 aliphatic carbocycles. The lowest BCUT2D eigenvalue weighted by Crippen LogP contribution is -2.44. The number of benzene rings is 1. The number of aliphatic hydroxyl groups excluding tert-OH is 1. The number of carboxylic acid groups (broad SMARTS) is 1. The Kier molecular flexibility index (Phi) is 10.9. The maximum atomic E-state index is 12.6. The van der Waals surface area contributed by atoms with Gasteiger partial charge in [-0.25, -0.2) is 0 Å². The van der Waals surface area contributed by atoms with E-state index in [9.17, 15) is 19.8 Å². The van der Waals surface area contributed by atoms with Crippen LogP contribution in [0.25, 0.3) is 0 Å². The van der Waals surface area contributed by atoms with E-state index >= 15 is 0 Å². The lowest BCUT2D eigenvalue weighted by molar-refractivity contribution is -0.894. The number of allylic oxidation sites excluding steroid dienone is 1. The highest BCUT2D eigenvalue weighted by molar-refractivity contribution is 5.82. The van der Waals surface area contributed by atoms with Crippen LogP contribution in [0.15, 0.2) is 42.5 Å². The van der Waals surface area contributed by atoms with Crippen LogP contribution in [0.5, 0.6) is 0 Å². The quantitative estimate of drug-likeness (QED) is 0.121. The Labute approximate surface area is 243 Å². The van der Waals surface area contributed by atoms with Crippen molar-refractivity contribution in [3.8, 4) is 0 Å². The number of carboxylic acids is 1. The molecule has 4 unspecified atom stereocenters. The number of hydrogen-bond donors (Lipinski definition) is 3. The molecule has 0 heterocycles. The minimum atomic E-state index is -0.943. The Morgan fingerprint density at radius 1 is 1.05 bits per heavy atom. The summed E-state index contributed by atoms with van der Waals surface area (Å²) in [7, 11) is 4.13. The molecule has 0 bridgehead atoms. The second-order valence-corrected chi connectivity index (χ2v) is 15.5. The third-order valence-electron chi connectivity index (χ3n) is 10.0. The van der Waals surface area contributed by atoms with Gasteiger partial charge in [0.1, 0.15) is 12.6 Å². The molecule has 0 spiro atoms. The average Bonchev–Trinajstić information content (AvgIpc) is 3.32. The largest absolute Gasteiger partial charge is 0.481 e. The van der Waals surface area contributed by atoms with E-state index in [0.29, 0.717) is 24.0 Å². The molecule has 2 rings (SSSR count). The molecular weight excluding hydrogens is 500 g/mol. The lowest BCUT2D eigenvalue weighted by atomic mass is 9.63. The van der Waals surface area contributed by atoms with Gasteiger partial charge in [0.15, 0.2) is 0 Å². The molecule has 6 heteroatoms. The summed E-state index contributed by atoms with van der Waals surface area (Å²) in [5.41, 5.74) is 2.56. The van der Waals surface area contributed by atoms with Gasteiger partial charge in [0.05, 0.1) is 26.6 Å². The van der Waals surface area contributed by atoms with Crippen molar-refractivity contribution in [2.24, 2.45) is 27.6 Å². The molecule has 1 aromatic rings. The predicted octanol–water partition coefficient (Wildman–Crippen LogP) is 6.61. The lowest BCUT2D eigenvalue weighted by Gasteiger charge is -2.42. The van der Waals surface area contributed by atoms with E-state index in [-0.39, 0.29) is 34.0 Å². The molecule has 1 aliphatic rings. The Balaban J connectivity index is 1.79. The molecule has 1 aromatic carbocycles. The topological polar surface area (TPSA) is 86.6 Å². The van der Waals surface area contributed by atoms with Gasteiger partial charge in [0, 0.05) is 19.4 Å². The van der Waals surface area contributed by atoms with Crippen molar-refractivity contribution in [1.29, 1.82) is 0 Å². The van der Waals surface area contributed by atoms with Crippen LogP contribution >= 0.6 is 0 Å². The molecule has 0 radical (unpaired) electrons. The summed E-state index contributed by atoms with van der Waals surface area (Å²) in [6.45, 7) is 22.3. The number of rotatable bonds is 16. The van der Waals surface area contributed by atoms with Crippen LogP contribution in [0.1, 0.15) is 98.7 Å². The molecule has 1 saturated carbocycles. The second-order valence-electron chi connectivity index (χ2n) is 15.5. The predicted molar refractivity (Wildman–Crippen MR) is 164 cm³/mol. The van der Waals surface area contributed by atoms with Gasteiger partial charge in [-0.2, -0.15) is 0 Å². The van der Waals surface area contributed by atoms with Crippen molar-refractivity contribution in [2.75, 3.05) is 33.7 Å². The van der Waals surface area contributed by atoms with Crippen LogP contribution in [-0.4, -0.2) is 60.3 Å². The van der Waals surface area contributed by atoms with Crippen molar-refractivity contribution < 1.29 is 24.3 Å². The smallest absolute Gasteiger partial charge is 0.307 e. The fraction of sp³-hybridized carbons (Fsp3) is 0.706. The zero-order valence-electron chi connectivity index (χ0n) is 26.8. The highest BCUT2D eigenvalue weighted by Crippen LogP contribution is 2.71. The number of quaternary nitrogens is 1. The van der Waals surface area contributed by atoms with Gasteiger partial charge in [-0.15, -0.1) is 0 Å². The Bertz CT molecular complexity index is 1030. The molecule has 0 saturated heterocycles. The number of aliphatic carboxylic acids is 1. The Hall–Kier alpha value is -2.18. The van der Waals surface area contributed by atoms with Gasteiger partial charge in [-0.05, 0) is 52.9 Å². The second kappa shape index (κ2) is 12.8. The minimum absolute atomic E-state index is 0.0373. The maximum Gasteiger partial charge on any atom is 0.307 e. The number of amides is 1. The van der Waals surface area contributed by atoms with E-state index in [1.807, 2.05) is 30.3 Å². The third-order valence-corrected chi connectivity index (χ3v) is 10.0. The number of nitrogens with zero attached hydrogens (tertiary/aromatic N) is 1. The first-order valence-corrected chi connectivity index (χ1v) is 14.9. The molecule has 3 N–H and O–H groups in total. The molecule has 0 aliphatic heterocycles. The molecule has 226 valence electrons. The standard InChI is InChI=1S/C34H56N2O4/c1-25(21-33(7)24-34(33,8)23-32(5,6)31(2,3)4)19-27(30(39)40)20-29(38)35-17-14-18-36(9,10)22-28(37)26-15-12-11-13-16-26/h11-13,15-16,27-28,37H,1,14,17-24H2,2-10H3,(H-,35,38,39,40)/p+1. The zero-order chi connectivity index (χ0) is 30.6. The molecule has 40 heavy (non-hydrogen) atoms. The van der Waals surface area contributed by atoms with Crippen molar-refractivity contribution in [3.05, 3.63) is 48.0 Å². The number of nitrogens with one attached hydrogen (secondary N) is 1. The van der Waals surface area contributed by atoms with Crippen LogP contribution in [0.2, 0.25) is 0 Å². The van der Waals surface area contributed by atoms with Crippen LogP contribution in [0.4, 0.5) is 0 Å². The van der Waals surface area contributed by atoms with Gasteiger partial charge in [0.25, 0.3) is 0 Å². The van der Waals surface area contributed by atoms with Gasteiger partial charge in [-0.3, -0.25) is 9.59 Å². The average molecular weight is 558 g/mol. The number of carbonyl (C=O) groups excluding carboxylic acids is 1. The number of aliphatic hydroxyl groups is 1. The van der Waals surface area contributed by atoms with Crippen LogP contribution < -0.4 is 5.32 Å². The Morgan fingerprint density at radius 3 is 2.20 bits per heavy atom. The SMILES string of the molecule is C=C(CC(CC(=O)NCCC[N+](C)(C)CC(O)c1ccccc1)C(=O)O)CC1(C)CC1(C)CC(C)(C)C(C)(C)C. The van der Waals surface area contributed by atoms with E-state index in [1.54, 1.807) is 0 Å². The zero-order valence-corrected chi connectivity index (χ0v) is 26.8. The first-order valence-electron chi connectivity index (χ1n) is 14.9. The van der Waals surface area contributed by atoms with E-state index in [1.165, 1.54) is 0 Å². The first kappa shape index (κ1) is 34.0. The molecule has 4 atom stereocenters. The van der Waals surface area contributed by atoms with E-state index in [2.05, 4.69) is 74.5 Å². The van der Waals surface area contributed by atoms with Crippen molar-refractivity contribution in [1.82, 2.24) is 5.32 Å². The number of likely N-dealkylation sites (N-methyl/N-ethyl adjacent to an activating group) is 1. The third kappa shape index (κ3) is 9.44. The fourth-order valence-electron chi connectivity index (χ4n) is 6.20. The van der Waals surface area contributed by atoms with Crippen molar-refractivity contribution >= 4 is 11.9 Å².